The van der Waals surface area contributed by atoms with E-state index in [1.807, 2.05) is 0 Å². The number of rotatable bonds is 8. The van der Waals surface area contributed by atoms with Crippen molar-refractivity contribution in [3.63, 3.8) is 0 Å². The molecule has 0 bridgehead atoms. The highest BCUT2D eigenvalue weighted by Gasteiger charge is 2.22. The van der Waals surface area contributed by atoms with Crippen LogP contribution in [0.3, 0.4) is 0 Å². The van der Waals surface area contributed by atoms with Crippen molar-refractivity contribution in [2.75, 3.05) is 21.3 Å². The van der Waals surface area contributed by atoms with Gasteiger partial charge in [0, 0.05) is 11.0 Å². The molecule has 3 N–H and O–H groups in total. The van der Waals surface area contributed by atoms with Gasteiger partial charge in [-0.1, -0.05) is 12.1 Å². The van der Waals surface area contributed by atoms with Gasteiger partial charge in [-0.15, -0.1) is 0 Å². The molecule has 9 heteroatoms. The van der Waals surface area contributed by atoms with Gasteiger partial charge in [-0.25, -0.2) is 0 Å². The van der Waals surface area contributed by atoms with E-state index in [4.69, 9.17) is 19.9 Å². The predicted molar refractivity (Wildman–Crippen MR) is 109 cm³/mol. The maximum Gasteiger partial charge on any atom is 0.253 e. The van der Waals surface area contributed by atoms with Crippen molar-refractivity contribution in [2.24, 2.45) is 5.73 Å². The molecule has 0 heterocycles. The minimum absolute atomic E-state index is 0.249. The van der Waals surface area contributed by atoms with Gasteiger partial charge in [0.25, 0.3) is 5.91 Å². The summed E-state index contributed by atoms with van der Waals surface area (Å²) in [5.74, 6) is -0.0600. The van der Waals surface area contributed by atoms with E-state index < -0.39 is 17.9 Å². The zero-order valence-electron chi connectivity index (χ0n) is 16.5. The summed E-state index contributed by atoms with van der Waals surface area (Å²) in [4.78, 5) is 37.1. The van der Waals surface area contributed by atoms with Crippen LogP contribution in [0.4, 0.5) is 0 Å². The summed E-state index contributed by atoms with van der Waals surface area (Å²) in [6, 6.07) is 8.79. The fourth-order valence-electron chi connectivity index (χ4n) is 2.43. The van der Waals surface area contributed by atoms with Gasteiger partial charge in [-0.05, 0) is 36.9 Å². The second kappa shape index (κ2) is 9.83. The summed E-state index contributed by atoms with van der Waals surface area (Å²) in [5, 5.41) is 2.15. The molecule has 0 aliphatic rings. The van der Waals surface area contributed by atoms with Crippen molar-refractivity contribution < 1.29 is 28.6 Å². The molecule has 0 aromatic heterocycles. The van der Waals surface area contributed by atoms with Crippen LogP contribution in [0.15, 0.2) is 41.3 Å². The molecule has 154 valence electrons. The highest BCUT2D eigenvalue weighted by atomic mass is 32.2. The van der Waals surface area contributed by atoms with Crippen LogP contribution in [0.5, 0.6) is 17.2 Å². The molecule has 0 saturated heterocycles. The van der Waals surface area contributed by atoms with Crippen molar-refractivity contribution >= 4 is 28.7 Å². The Balaban J connectivity index is 2.35. The van der Waals surface area contributed by atoms with Crippen molar-refractivity contribution in [1.82, 2.24) is 5.32 Å². The number of carbonyl (C=O) groups is 3. The van der Waals surface area contributed by atoms with Gasteiger partial charge in [0.2, 0.25) is 11.0 Å². The van der Waals surface area contributed by atoms with Crippen molar-refractivity contribution in [3.8, 4) is 17.2 Å². The monoisotopic (exact) mass is 418 g/mol. The molecule has 0 aliphatic heterocycles. The van der Waals surface area contributed by atoms with E-state index in [9.17, 15) is 14.4 Å². The summed E-state index contributed by atoms with van der Waals surface area (Å²) in [6.07, 6.45) is 0. The van der Waals surface area contributed by atoms with Crippen LogP contribution in [-0.4, -0.2) is 44.3 Å². The standard InChI is InChI=1S/C20H22N2O6S/c1-11(18(21)23)22-19(24)12-7-5-6-8-17(12)29-20(25)13-9-15(27-3)16(28-4)10-14(13)26-2/h5-11H,1-4H3,(H2,21,23)(H,22,24)/t11-/m0/s1. The van der Waals surface area contributed by atoms with Crippen LogP contribution < -0.4 is 25.3 Å². The number of methoxy groups -OCH3 is 3. The molecular formula is C20H22N2O6S. The number of nitrogens with one attached hydrogen (secondary N) is 1. The molecule has 2 rings (SSSR count). The van der Waals surface area contributed by atoms with Crippen molar-refractivity contribution in [3.05, 3.63) is 47.5 Å². The zero-order chi connectivity index (χ0) is 21.6. The summed E-state index contributed by atoms with van der Waals surface area (Å²) in [6.45, 7) is 1.48. The third kappa shape index (κ3) is 5.20. The first-order valence-electron chi connectivity index (χ1n) is 8.53. The van der Waals surface area contributed by atoms with Crippen LogP contribution in [-0.2, 0) is 4.79 Å². The molecule has 0 aliphatic carbocycles. The number of carbonyl (C=O) groups excluding carboxylic acids is 3. The van der Waals surface area contributed by atoms with E-state index >= 15 is 0 Å². The van der Waals surface area contributed by atoms with Gasteiger partial charge >= 0.3 is 0 Å². The van der Waals surface area contributed by atoms with Crippen LogP contribution in [0, 0.1) is 0 Å². The zero-order valence-corrected chi connectivity index (χ0v) is 17.3. The van der Waals surface area contributed by atoms with E-state index in [-0.39, 0.29) is 16.2 Å². The topological polar surface area (TPSA) is 117 Å². The van der Waals surface area contributed by atoms with Crippen LogP contribution >= 0.6 is 11.8 Å². The summed E-state index contributed by atoms with van der Waals surface area (Å²) in [7, 11) is 4.38. The van der Waals surface area contributed by atoms with Gasteiger partial charge in [0.05, 0.1) is 32.5 Å². The van der Waals surface area contributed by atoms with E-state index in [1.54, 1.807) is 30.3 Å². The van der Waals surface area contributed by atoms with E-state index in [0.29, 0.717) is 22.1 Å². The quantitative estimate of drug-likeness (QED) is 0.632. The second-order valence-corrected chi connectivity index (χ2v) is 6.91. The molecule has 8 nitrogen and oxygen atoms in total. The van der Waals surface area contributed by atoms with Crippen LogP contribution in [0.25, 0.3) is 0 Å². The number of hydrogen-bond acceptors (Lipinski definition) is 7. The first-order valence-corrected chi connectivity index (χ1v) is 9.35. The molecule has 2 aromatic carbocycles. The Kier molecular flexibility index (Phi) is 7.49. The first kappa shape index (κ1) is 22.1. The molecule has 2 aromatic rings. The summed E-state index contributed by atoms with van der Waals surface area (Å²) < 4.78 is 15.8. The largest absolute Gasteiger partial charge is 0.496 e. The smallest absolute Gasteiger partial charge is 0.253 e. The van der Waals surface area contributed by atoms with Gasteiger partial charge in [-0.3, -0.25) is 14.4 Å². The average molecular weight is 418 g/mol. The Morgan fingerprint density at radius 2 is 1.52 bits per heavy atom. The lowest BCUT2D eigenvalue weighted by atomic mass is 10.2. The molecule has 0 fully saturated rings. The molecule has 0 unspecified atom stereocenters. The van der Waals surface area contributed by atoms with E-state index in [1.165, 1.54) is 34.3 Å². The Labute approximate surface area is 172 Å². The Morgan fingerprint density at radius 1 is 0.931 bits per heavy atom. The highest BCUT2D eigenvalue weighted by Crippen LogP contribution is 2.38. The number of primary amides is 1. The lowest BCUT2D eigenvalue weighted by Gasteiger charge is -2.14. The SMILES string of the molecule is COc1cc(OC)c(C(=O)Sc2ccccc2C(=O)N[C@@H](C)C(N)=O)cc1OC. The third-order valence-corrected chi connectivity index (χ3v) is 5.02. The van der Waals surface area contributed by atoms with Crippen molar-refractivity contribution in [1.29, 1.82) is 0 Å². The molecule has 0 spiro atoms. The molecule has 0 radical (unpaired) electrons. The number of nitrogens with two attached hydrogens (primary N) is 1. The lowest BCUT2D eigenvalue weighted by molar-refractivity contribution is -0.119. The number of amides is 2. The lowest BCUT2D eigenvalue weighted by Crippen LogP contribution is -2.42. The number of ether oxygens (including phenoxy) is 3. The van der Waals surface area contributed by atoms with Gasteiger partial charge in [0.1, 0.15) is 11.8 Å². The first-order chi connectivity index (χ1) is 13.8. The predicted octanol–water partition coefficient (Wildman–Crippen LogP) is 2.25. The highest BCUT2D eigenvalue weighted by molar-refractivity contribution is 8.14. The Bertz CT molecular complexity index is 931. The van der Waals surface area contributed by atoms with E-state index in [0.717, 1.165) is 11.8 Å². The fraction of sp³-hybridized carbons (Fsp3) is 0.250. The minimum atomic E-state index is -0.845. The third-order valence-electron chi connectivity index (χ3n) is 4.03. The maximum atomic E-state index is 12.9. The van der Waals surface area contributed by atoms with Gasteiger partial charge in [-0.2, -0.15) is 0 Å². The molecule has 0 saturated carbocycles. The van der Waals surface area contributed by atoms with Gasteiger partial charge < -0.3 is 25.3 Å². The van der Waals surface area contributed by atoms with Crippen LogP contribution in [0.2, 0.25) is 0 Å². The Morgan fingerprint density at radius 3 is 2.10 bits per heavy atom. The molecule has 1 atom stereocenters. The summed E-state index contributed by atoms with van der Waals surface area (Å²) in [5.41, 5.74) is 5.70. The maximum absolute atomic E-state index is 12.9. The van der Waals surface area contributed by atoms with Crippen molar-refractivity contribution in [2.45, 2.75) is 17.9 Å². The minimum Gasteiger partial charge on any atom is -0.496 e. The normalized spacial score (nSPS) is 11.3. The molecule has 2 amide bonds. The number of benzene rings is 2. The summed E-state index contributed by atoms with van der Waals surface area (Å²) >= 11 is 0.857. The molecule has 29 heavy (non-hydrogen) atoms. The second-order valence-electron chi connectivity index (χ2n) is 5.89. The number of hydrogen-bond donors (Lipinski definition) is 2. The van der Waals surface area contributed by atoms with E-state index in [2.05, 4.69) is 5.32 Å². The number of thioether (sulfide) groups is 1. The molecular weight excluding hydrogens is 396 g/mol. The van der Waals surface area contributed by atoms with Crippen LogP contribution in [0.1, 0.15) is 27.6 Å². The van der Waals surface area contributed by atoms with Gasteiger partial charge in [0.15, 0.2) is 11.5 Å². The Hall–Kier alpha value is -3.20. The fourth-order valence-corrected chi connectivity index (χ4v) is 3.32. The average Bonchev–Trinajstić information content (AvgIpc) is 2.72.